The van der Waals surface area contributed by atoms with Gasteiger partial charge in [-0.05, 0) is 30.5 Å². The molecule has 0 unspecified atom stereocenters. The molecule has 6 N–H and O–H groups in total. The van der Waals surface area contributed by atoms with Crippen LogP contribution in [0.1, 0.15) is 34.9 Å². The molecule has 3 aromatic rings. The number of aliphatic carboxylic acids is 2. The summed E-state index contributed by atoms with van der Waals surface area (Å²) >= 11 is 2.27. The predicted molar refractivity (Wildman–Crippen MR) is 188 cm³/mol. The second-order valence-corrected chi connectivity index (χ2v) is 14.7. The predicted octanol–water partition coefficient (Wildman–Crippen LogP) is 0.579. The second kappa shape index (κ2) is 14.1. The minimum Gasteiger partial charge on any atom is -0.479 e. The number of oxime groups is 1. The SMILES string of the molecule is Nc1nc(/C(=N/OCC(=O)O)C(=O)N[C@@H]2C(=O)N3C(C(=O)O)=C(CN4CCN(c5cc6c(cc5F)c(=O)c(C(=O)O)cn6C5CC5)CC4)CS[C@H]23)cs1. The number of carbonyl (C=O) groups excluding carboxylic acids is 2. The summed E-state index contributed by atoms with van der Waals surface area (Å²) in [5, 5.41) is 35.5. The van der Waals surface area contributed by atoms with Crippen LogP contribution in [0.5, 0.6) is 0 Å². The molecule has 2 aromatic heterocycles. The van der Waals surface area contributed by atoms with Crippen molar-refractivity contribution >= 4 is 80.3 Å². The number of thiazole rings is 1. The van der Waals surface area contributed by atoms with E-state index in [1.54, 1.807) is 10.6 Å². The number of aromatic nitrogens is 2. The van der Waals surface area contributed by atoms with E-state index in [1.165, 1.54) is 23.3 Å². The summed E-state index contributed by atoms with van der Waals surface area (Å²) in [4.78, 5) is 88.1. The lowest BCUT2D eigenvalue weighted by atomic mass is 10.0. The number of halogens is 1. The summed E-state index contributed by atoms with van der Waals surface area (Å²) < 4.78 is 17.2. The lowest BCUT2D eigenvalue weighted by Crippen LogP contribution is -2.71. The number of nitrogens with one attached hydrogen (secondary N) is 1. The van der Waals surface area contributed by atoms with Gasteiger partial charge in [0.1, 0.15) is 34.2 Å². The number of piperazine rings is 1. The van der Waals surface area contributed by atoms with Gasteiger partial charge in [0.2, 0.25) is 12.0 Å². The molecule has 7 rings (SSSR count). The zero-order valence-corrected chi connectivity index (χ0v) is 29.2. The third-order valence-corrected chi connectivity index (χ3v) is 11.3. The normalized spacial score (nSPS) is 20.6. The number of aromatic carboxylic acids is 1. The third-order valence-electron chi connectivity index (χ3n) is 9.26. The van der Waals surface area contributed by atoms with Crippen molar-refractivity contribution in [3.05, 3.63) is 62.3 Å². The first-order chi connectivity index (χ1) is 25.3. The molecule has 1 saturated carbocycles. The number of thioether (sulfide) groups is 1. The molecule has 278 valence electrons. The van der Waals surface area contributed by atoms with Crippen LogP contribution in [0.25, 0.3) is 10.9 Å². The molecule has 18 nitrogen and oxygen atoms in total. The van der Waals surface area contributed by atoms with Crippen LogP contribution in [0.4, 0.5) is 15.2 Å². The highest BCUT2D eigenvalue weighted by Crippen LogP contribution is 2.41. The number of amides is 2. The molecule has 3 aliphatic heterocycles. The van der Waals surface area contributed by atoms with Crippen molar-refractivity contribution < 1.29 is 48.5 Å². The number of carbonyl (C=O) groups is 5. The van der Waals surface area contributed by atoms with E-state index in [9.17, 15) is 39.0 Å². The van der Waals surface area contributed by atoms with E-state index in [0.29, 0.717) is 37.3 Å². The van der Waals surface area contributed by atoms with E-state index in [4.69, 9.17) is 15.7 Å². The Hall–Kier alpha value is -5.54. The van der Waals surface area contributed by atoms with E-state index in [0.717, 1.165) is 35.1 Å². The van der Waals surface area contributed by atoms with Crippen LogP contribution in [-0.4, -0.2) is 127 Å². The number of nitrogens with zero attached hydrogens (tertiary/aromatic N) is 6. The van der Waals surface area contributed by atoms with Crippen molar-refractivity contribution in [3.63, 3.8) is 0 Å². The Labute approximate surface area is 306 Å². The Morgan fingerprint density at radius 3 is 2.43 bits per heavy atom. The highest BCUT2D eigenvalue weighted by molar-refractivity contribution is 8.00. The molecule has 2 amide bonds. The van der Waals surface area contributed by atoms with Gasteiger partial charge in [-0.15, -0.1) is 23.1 Å². The zero-order valence-electron chi connectivity index (χ0n) is 27.6. The van der Waals surface area contributed by atoms with Crippen LogP contribution in [-0.2, 0) is 24.0 Å². The molecular formula is C32H31FN8O10S2. The number of carboxylic acids is 3. The van der Waals surface area contributed by atoms with Gasteiger partial charge in [0, 0.05) is 61.5 Å². The highest BCUT2D eigenvalue weighted by Gasteiger charge is 2.54. The van der Waals surface area contributed by atoms with Gasteiger partial charge in [-0.25, -0.2) is 23.8 Å². The number of nitrogen functional groups attached to an aromatic ring is 1. The first kappa shape index (κ1) is 35.8. The highest BCUT2D eigenvalue weighted by atomic mass is 32.2. The lowest BCUT2D eigenvalue weighted by Gasteiger charge is -2.50. The fraction of sp³-hybridized carbons (Fsp3) is 0.375. The number of β-lactam (4-membered cyclic amide) rings is 1. The fourth-order valence-corrected chi connectivity index (χ4v) is 8.48. The topological polar surface area (TPSA) is 250 Å². The van der Waals surface area contributed by atoms with Crippen molar-refractivity contribution in [2.45, 2.75) is 30.3 Å². The van der Waals surface area contributed by atoms with Crippen LogP contribution < -0.4 is 21.4 Å². The number of rotatable bonds is 12. The number of hydrogen-bond acceptors (Lipinski definition) is 14. The van der Waals surface area contributed by atoms with Crippen LogP contribution in [0.3, 0.4) is 0 Å². The first-order valence-electron chi connectivity index (χ1n) is 16.2. The molecule has 3 fully saturated rings. The minimum atomic E-state index is -1.37. The number of nitrogens with two attached hydrogens (primary N) is 1. The van der Waals surface area contributed by atoms with Crippen molar-refractivity contribution in [2.75, 3.05) is 55.7 Å². The number of benzene rings is 1. The van der Waals surface area contributed by atoms with Crippen LogP contribution in [0.15, 0.2) is 44.9 Å². The van der Waals surface area contributed by atoms with E-state index >= 15 is 4.39 Å². The van der Waals surface area contributed by atoms with Gasteiger partial charge >= 0.3 is 17.9 Å². The first-order valence-corrected chi connectivity index (χ1v) is 18.2. The maximum Gasteiger partial charge on any atom is 0.352 e. The average molecular weight is 771 g/mol. The van der Waals surface area contributed by atoms with Gasteiger partial charge in [-0.1, -0.05) is 5.16 Å². The summed E-state index contributed by atoms with van der Waals surface area (Å²) in [6.45, 7) is 0.978. The largest absolute Gasteiger partial charge is 0.479 e. The lowest BCUT2D eigenvalue weighted by molar-refractivity contribution is -0.150. The van der Waals surface area contributed by atoms with E-state index in [-0.39, 0.29) is 45.9 Å². The van der Waals surface area contributed by atoms with Crippen molar-refractivity contribution in [1.29, 1.82) is 0 Å². The molecule has 1 aromatic carbocycles. The Balaban J connectivity index is 1.03. The minimum absolute atomic E-state index is 0.00000280. The van der Waals surface area contributed by atoms with Crippen LogP contribution in [0, 0.1) is 5.82 Å². The smallest absolute Gasteiger partial charge is 0.352 e. The van der Waals surface area contributed by atoms with Crippen molar-refractivity contribution in [1.82, 2.24) is 24.7 Å². The molecule has 0 radical (unpaired) electrons. The molecule has 4 aliphatic rings. The molecule has 5 heterocycles. The molecule has 2 atom stereocenters. The summed E-state index contributed by atoms with van der Waals surface area (Å²) in [6.07, 6.45) is 2.96. The molecule has 53 heavy (non-hydrogen) atoms. The molecule has 21 heteroatoms. The van der Waals surface area contributed by atoms with Crippen molar-refractivity contribution in [2.24, 2.45) is 5.16 Å². The zero-order chi connectivity index (χ0) is 37.7. The maximum atomic E-state index is 15.5. The van der Waals surface area contributed by atoms with Crippen molar-refractivity contribution in [3.8, 4) is 0 Å². The number of fused-ring (bicyclic) bond motifs is 2. The number of hydrogen-bond donors (Lipinski definition) is 5. The van der Waals surface area contributed by atoms with E-state index in [1.807, 2.05) is 9.80 Å². The molecule has 0 bridgehead atoms. The fourth-order valence-electron chi connectivity index (χ4n) is 6.59. The van der Waals surface area contributed by atoms with Gasteiger partial charge in [0.15, 0.2) is 10.8 Å². The third kappa shape index (κ3) is 6.89. The van der Waals surface area contributed by atoms with Gasteiger partial charge in [0.05, 0.1) is 11.2 Å². The van der Waals surface area contributed by atoms with Gasteiger partial charge in [0.25, 0.3) is 11.8 Å². The van der Waals surface area contributed by atoms with Crippen LogP contribution in [0.2, 0.25) is 0 Å². The van der Waals surface area contributed by atoms with Gasteiger partial charge < -0.3 is 40.7 Å². The Morgan fingerprint density at radius 2 is 1.81 bits per heavy atom. The molecule has 1 aliphatic carbocycles. The quantitative estimate of drug-likeness (QED) is 0.0960. The number of pyridine rings is 1. The monoisotopic (exact) mass is 770 g/mol. The molecule has 2 saturated heterocycles. The van der Waals surface area contributed by atoms with E-state index in [2.05, 4.69) is 15.5 Å². The Morgan fingerprint density at radius 1 is 1.08 bits per heavy atom. The summed E-state index contributed by atoms with van der Waals surface area (Å²) in [5.41, 5.74) is 5.15. The molecule has 0 spiro atoms. The van der Waals surface area contributed by atoms with Gasteiger partial charge in [-0.3, -0.25) is 24.2 Å². The maximum absolute atomic E-state index is 15.5. The standard InChI is InChI=1S/C32H31FN8O10S2/c33-18-7-16-20(40(15-1-2-15)10-17(26(16)44)30(47)48)8-21(18)39-5-3-38(4-6-39)9-14-12-52-29-24(28(46)41(29)25(14)31(49)50)36-27(45)23(37-51-11-22(42)43)19-13-53-32(34)35-19/h7-8,10,13,15,24,29H,1-6,9,11-12H2,(H2,34,35)(H,36,45)(H,42,43)(H,47,48)(H,49,50)/b37-23-/t24-,29-/m1/s1. The Kier molecular flexibility index (Phi) is 9.55. The Bertz CT molecular complexity index is 2190. The number of carboxylic acid groups (broad SMARTS) is 3. The van der Waals surface area contributed by atoms with E-state index < -0.39 is 70.3 Å². The average Bonchev–Trinajstić information content (AvgIpc) is 3.88. The number of anilines is 2. The van der Waals surface area contributed by atoms with Crippen LogP contribution >= 0.6 is 23.1 Å². The second-order valence-electron chi connectivity index (χ2n) is 12.7. The summed E-state index contributed by atoms with van der Waals surface area (Å²) in [6, 6.07) is 1.60. The summed E-state index contributed by atoms with van der Waals surface area (Å²) in [7, 11) is 0. The summed E-state index contributed by atoms with van der Waals surface area (Å²) in [5.74, 6) is -5.99. The van der Waals surface area contributed by atoms with Gasteiger partial charge in [-0.2, -0.15) is 0 Å². The molecular weight excluding hydrogens is 740 g/mol.